The largest absolute Gasteiger partial charge is 0.465 e. The number of carbonyl (C=O) groups is 2. The van der Waals surface area contributed by atoms with Gasteiger partial charge in [0.25, 0.3) is 10.0 Å². The van der Waals surface area contributed by atoms with Gasteiger partial charge in [-0.1, -0.05) is 43.7 Å². The first-order valence-corrected chi connectivity index (χ1v) is 17.2. The van der Waals surface area contributed by atoms with E-state index in [9.17, 15) is 23.1 Å². The van der Waals surface area contributed by atoms with E-state index in [4.69, 9.17) is 5.11 Å². The SMILES string of the molecule is Cc1ccc(S(=O)(=O)n2cc(-c3cccnc3)c3c(-c4cc(C)c(C5(O)[C@H](C)CN(C(=O)CNC(=O)O)C[C@@H]5C)c(F)c4)ccnc32)cc1. The minimum absolute atomic E-state index is 0.0913. The molecule has 1 unspecified atom stereocenters. The summed E-state index contributed by atoms with van der Waals surface area (Å²) in [5, 5.41) is 23.6. The number of nitrogens with zero attached hydrogens (tertiary/aromatic N) is 4. The Labute approximate surface area is 283 Å². The zero-order valence-electron chi connectivity index (χ0n) is 27.4. The van der Waals surface area contributed by atoms with Crippen molar-refractivity contribution in [1.82, 2.24) is 24.2 Å². The number of likely N-dealkylation sites (tertiary alicyclic amines) is 1. The van der Waals surface area contributed by atoms with E-state index in [2.05, 4.69) is 15.3 Å². The van der Waals surface area contributed by atoms with Gasteiger partial charge in [0.1, 0.15) is 18.0 Å². The molecular weight excluding hydrogens is 649 g/mol. The molecule has 254 valence electrons. The van der Waals surface area contributed by atoms with Crippen LogP contribution in [0.2, 0.25) is 0 Å². The monoisotopic (exact) mass is 685 g/mol. The van der Waals surface area contributed by atoms with Gasteiger partial charge in [0, 0.05) is 71.8 Å². The van der Waals surface area contributed by atoms with Crippen LogP contribution in [0.15, 0.2) is 84.3 Å². The van der Waals surface area contributed by atoms with Crippen LogP contribution in [-0.4, -0.2) is 69.1 Å². The van der Waals surface area contributed by atoms with Crippen molar-refractivity contribution in [3.8, 4) is 22.3 Å². The smallest absolute Gasteiger partial charge is 0.405 e. The number of hydrogen-bond donors (Lipinski definition) is 3. The van der Waals surface area contributed by atoms with Crippen molar-refractivity contribution in [3.05, 3.63) is 102 Å². The fraction of sp³-hybridized carbons (Fsp3) is 0.278. The zero-order chi connectivity index (χ0) is 35.2. The molecule has 5 aromatic rings. The Kier molecular flexibility index (Phi) is 8.76. The van der Waals surface area contributed by atoms with Gasteiger partial charge in [-0.05, 0) is 60.9 Å². The number of fused-ring (bicyclic) bond motifs is 1. The molecule has 0 spiro atoms. The number of aliphatic hydroxyl groups is 1. The van der Waals surface area contributed by atoms with Crippen molar-refractivity contribution in [2.24, 2.45) is 11.8 Å². The molecule has 3 N–H and O–H groups in total. The number of hydrogen-bond acceptors (Lipinski definition) is 7. The molecule has 1 aliphatic rings. The molecule has 1 fully saturated rings. The Morgan fingerprint density at radius 2 is 1.69 bits per heavy atom. The number of aromatic nitrogens is 3. The maximum Gasteiger partial charge on any atom is 0.405 e. The van der Waals surface area contributed by atoms with Gasteiger partial charge < -0.3 is 20.4 Å². The lowest BCUT2D eigenvalue weighted by molar-refractivity contribution is -0.148. The van der Waals surface area contributed by atoms with E-state index in [1.54, 1.807) is 75.6 Å². The number of aryl methyl sites for hydroxylation is 2. The van der Waals surface area contributed by atoms with Crippen LogP contribution in [0.25, 0.3) is 33.3 Å². The topological polar surface area (TPSA) is 155 Å². The van der Waals surface area contributed by atoms with Gasteiger partial charge in [-0.15, -0.1) is 0 Å². The van der Waals surface area contributed by atoms with Crippen molar-refractivity contribution in [2.45, 2.75) is 38.2 Å². The van der Waals surface area contributed by atoms with Crippen LogP contribution in [0.5, 0.6) is 0 Å². The Bertz CT molecular complexity index is 2150. The lowest BCUT2D eigenvalue weighted by atomic mass is 9.69. The Hall–Kier alpha value is -5.14. The minimum Gasteiger partial charge on any atom is -0.465 e. The predicted molar refractivity (Wildman–Crippen MR) is 182 cm³/mol. The first-order chi connectivity index (χ1) is 23.2. The highest BCUT2D eigenvalue weighted by atomic mass is 32.2. The Morgan fingerprint density at radius 3 is 2.31 bits per heavy atom. The summed E-state index contributed by atoms with van der Waals surface area (Å²) in [6, 6.07) is 14.9. The summed E-state index contributed by atoms with van der Waals surface area (Å²) in [7, 11) is -4.08. The first kappa shape index (κ1) is 33.7. The number of amides is 2. The second kappa shape index (κ2) is 12.7. The normalized spacial score (nSPS) is 19.6. The molecule has 0 aliphatic carbocycles. The molecule has 0 saturated carbocycles. The summed E-state index contributed by atoms with van der Waals surface area (Å²) >= 11 is 0. The average Bonchev–Trinajstić information content (AvgIpc) is 3.47. The standard InChI is InChI=1S/C36H36FN5O6S/c1-21-7-9-27(10-8-21)49(47,48)42-20-29(25-6-5-12-38-16-25)32-28(11-13-39-34(32)42)26-14-22(2)33(30(37)15-26)36(46)23(3)18-41(19-24(36)4)31(43)17-40-35(44)45/h5-16,20,23-24,40,46H,17-19H2,1-4H3,(H,44,45)/t23-,24+,36?. The quantitative estimate of drug-likeness (QED) is 0.208. The van der Waals surface area contributed by atoms with Crippen molar-refractivity contribution < 1.29 is 32.6 Å². The van der Waals surface area contributed by atoms with E-state index in [1.165, 1.54) is 23.4 Å². The summed E-state index contributed by atoms with van der Waals surface area (Å²) in [6.45, 7) is 6.85. The van der Waals surface area contributed by atoms with E-state index in [0.717, 1.165) is 9.54 Å². The third kappa shape index (κ3) is 5.93. The number of carbonyl (C=O) groups excluding carboxylic acids is 1. The van der Waals surface area contributed by atoms with E-state index < -0.39 is 51.8 Å². The van der Waals surface area contributed by atoms with Crippen LogP contribution >= 0.6 is 0 Å². The lowest BCUT2D eigenvalue weighted by Gasteiger charge is -2.48. The van der Waals surface area contributed by atoms with Gasteiger partial charge >= 0.3 is 6.09 Å². The highest BCUT2D eigenvalue weighted by molar-refractivity contribution is 7.90. The number of piperidine rings is 1. The summed E-state index contributed by atoms with van der Waals surface area (Å²) in [6.07, 6.45) is 4.91. The highest BCUT2D eigenvalue weighted by Crippen LogP contribution is 2.46. The number of halogens is 1. The molecule has 1 aliphatic heterocycles. The molecule has 2 aromatic carbocycles. The molecule has 4 heterocycles. The van der Waals surface area contributed by atoms with Crippen LogP contribution in [0.4, 0.5) is 9.18 Å². The average molecular weight is 686 g/mol. The molecule has 11 nitrogen and oxygen atoms in total. The fourth-order valence-electron chi connectivity index (χ4n) is 6.98. The summed E-state index contributed by atoms with van der Waals surface area (Å²) < 4.78 is 45.6. The van der Waals surface area contributed by atoms with Crippen molar-refractivity contribution in [3.63, 3.8) is 0 Å². The van der Waals surface area contributed by atoms with Gasteiger partial charge in [0.2, 0.25) is 5.91 Å². The lowest BCUT2D eigenvalue weighted by Crippen LogP contribution is -2.57. The summed E-state index contributed by atoms with van der Waals surface area (Å²) in [5.74, 6) is -2.26. The minimum atomic E-state index is -4.08. The fourth-order valence-corrected chi connectivity index (χ4v) is 8.30. The number of pyridine rings is 2. The van der Waals surface area contributed by atoms with Gasteiger partial charge in [0.05, 0.1) is 4.90 Å². The van der Waals surface area contributed by atoms with Gasteiger partial charge in [0.15, 0.2) is 5.65 Å². The van der Waals surface area contributed by atoms with Crippen molar-refractivity contribution >= 4 is 33.1 Å². The summed E-state index contributed by atoms with van der Waals surface area (Å²) in [5.41, 5.74) is 2.21. The molecule has 3 atom stereocenters. The maximum absolute atomic E-state index is 16.5. The second-order valence-corrected chi connectivity index (χ2v) is 14.5. The maximum atomic E-state index is 16.5. The van der Waals surface area contributed by atoms with Crippen LogP contribution in [0.3, 0.4) is 0 Å². The first-order valence-electron chi connectivity index (χ1n) is 15.7. The molecule has 13 heteroatoms. The molecule has 1 saturated heterocycles. The molecular formula is C36H36FN5O6S. The number of carboxylic acid groups (broad SMARTS) is 1. The Balaban J connectivity index is 1.46. The van der Waals surface area contributed by atoms with E-state index in [-0.39, 0.29) is 29.2 Å². The van der Waals surface area contributed by atoms with Crippen molar-refractivity contribution in [1.29, 1.82) is 0 Å². The second-order valence-electron chi connectivity index (χ2n) is 12.7. The number of benzene rings is 2. The molecule has 0 radical (unpaired) electrons. The van der Waals surface area contributed by atoms with Crippen LogP contribution < -0.4 is 5.32 Å². The Morgan fingerprint density at radius 1 is 1.00 bits per heavy atom. The highest BCUT2D eigenvalue weighted by Gasteiger charge is 2.49. The third-order valence-corrected chi connectivity index (χ3v) is 11.1. The molecule has 2 amide bonds. The van der Waals surface area contributed by atoms with Crippen LogP contribution in [0, 0.1) is 31.5 Å². The summed E-state index contributed by atoms with van der Waals surface area (Å²) in [4.78, 5) is 33.9. The van der Waals surface area contributed by atoms with Gasteiger partial charge in [-0.25, -0.2) is 26.6 Å². The molecule has 3 aromatic heterocycles. The van der Waals surface area contributed by atoms with E-state index >= 15 is 4.39 Å². The predicted octanol–water partition coefficient (Wildman–Crippen LogP) is 5.33. The van der Waals surface area contributed by atoms with Gasteiger partial charge in [-0.3, -0.25) is 9.78 Å². The van der Waals surface area contributed by atoms with Crippen molar-refractivity contribution in [2.75, 3.05) is 19.6 Å². The zero-order valence-corrected chi connectivity index (χ0v) is 28.2. The number of nitrogens with one attached hydrogen (secondary N) is 1. The molecule has 49 heavy (non-hydrogen) atoms. The van der Waals surface area contributed by atoms with Crippen LogP contribution in [0.1, 0.15) is 30.5 Å². The molecule has 6 rings (SSSR count). The third-order valence-electron chi connectivity index (χ3n) is 9.44. The molecule has 0 bridgehead atoms. The van der Waals surface area contributed by atoms with Crippen LogP contribution in [-0.2, 0) is 20.4 Å². The van der Waals surface area contributed by atoms with E-state index in [0.29, 0.717) is 33.2 Å². The van der Waals surface area contributed by atoms with Gasteiger partial charge in [-0.2, -0.15) is 0 Å². The van der Waals surface area contributed by atoms with E-state index in [1.807, 2.05) is 13.0 Å². The number of rotatable bonds is 7.